The molecule has 0 aliphatic carbocycles. The minimum absolute atomic E-state index is 0.213. The fourth-order valence-corrected chi connectivity index (χ4v) is 3.06. The molecule has 1 aromatic rings. The normalized spacial score (nSPS) is 11.9. The van der Waals surface area contributed by atoms with Crippen LogP contribution in [0.15, 0.2) is 12.1 Å². The summed E-state index contributed by atoms with van der Waals surface area (Å²) < 4.78 is 0. The van der Waals surface area contributed by atoms with E-state index >= 15 is 0 Å². The van der Waals surface area contributed by atoms with Crippen LogP contribution in [0.1, 0.15) is 52.0 Å². The van der Waals surface area contributed by atoms with E-state index in [1.165, 1.54) is 19.3 Å². The van der Waals surface area contributed by atoms with E-state index in [4.69, 9.17) is 34.8 Å². The van der Waals surface area contributed by atoms with E-state index in [9.17, 15) is 0 Å². The van der Waals surface area contributed by atoms with Crippen LogP contribution < -0.4 is 5.32 Å². The van der Waals surface area contributed by atoms with Gasteiger partial charge in [-0.1, -0.05) is 47.6 Å². The molecule has 0 aliphatic heterocycles. The first kappa shape index (κ1) is 18.1. The lowest BCUT2D eigenvalue weighted by atomic mass is 10.1. The standard InChI is InChI=1S/C16H24Cl3N/c1-16(2,3)20-9-7-5-4-6-8-13-14(18)10-12(17)11-15(13)19/h10-11,20H,4-9H2,1-3H3. The summed E-state index contributed by atoms with van der Waals surface area (Å²) >= 11 is 18.2. The van der Waals surface area contributed by atoms with Crippen LogP contribution in [0.2, 0.25) is 15.1 Å². The van der Waals surface area contributed by atoms with Crippen molar-refractivity contribution in [2.45, 2.75) is 58.4 Å². The molecule has 20 heavy (non-hydrogen) atoms. The van der Waals surface area contributed by atoms with Crippen molar-refractivity contribution < 1.29 is 0 Å². The number of halogens is 3. The molecule has 0 saturated carbocycles. The van der Waals surface area contributed by atoms with Crippen molar-refractivity contribution in [3.8, 4) is 0 Å². The van der Waals surface area contributed by atoms with Crippen molar-refractivity contribution in [2.75, 3.05) is 6.54 Å². The third-order valence-corrected chi connectivity index (χ3v) is 4.01. The molecule has 0 bridgehead atoms. The summed E-state index contributed by atoms with van der Waals surface area (Å²) in [6.07, 6.45) is 5.66. The van der Waals surface area contributed by atoms with Crippen LogP contribution in [0.25, 0.3) is 0 Å². The molecular formula is C16H24Cl3N. The number of benzene rings is 1. The second-order valence-corrected chi connectivity index (χ2v) is 7.44. The maximum absolute atomic E-state index is 6.17. The van der Waals surface area contributed by atoms with Crippen LogP contribution in [0.3, 0.4) is 0 Å². The Kier molecular flexibility index (Phi) is 7.68. The molecule has 0 atom stereocenters. The van der Waals surface area contributed by atoms with Gasteiger partial charge in [-0.05, 0) is 64.3 Å². The third-order valence-electron chi connectivity index (χ3n) is 3.11. The monoisotopic (exact) mass is 335 g/mol. The molecule has 4 heteroatoms. The summed E-state index contributed by atoms with van der Waals surface area (Å²) in [4.78, 5) is 0. The van der Waals surface area contributed by atoms with E-state index in [0.717, 1.165) is 24.9 Å². The van der Waals surface area contributed by atoms with Crippen LogP contribution >= 0.6 is 34.8 Å². The van der Waals surface area contributed by atoms with Crippen molar-refractivity contribution in [3.63, 3.8) is 0 Å². The number of rotatable bonds is 7. The Hall–Kier alpha value is 0.0500. The van der Waals surface area contributed by atoms with Crippen molar-refractivity contribution in [2.24, 2.45) is 0 Å². The van der Waals surface area contributed by atoms with E-state index in [1.54, 1.807) is 12.1 Å². The van der Waals surface area contributed by atoms with E-state index in [2.05, 4.69) is 26.1 Å². The lowest BCUT2D eigenvalue weighted by Crippen LogP contribution is -2.36. The quantitative estimate of drug-likeness (QED) is 0.590. The summed E-state index contributed by atoms with van der Waals surface area (Å²) in [6, 6.07) is 3.52. The topological polar surface area (TPSA) is 12.0 Å². The summed E-state index contributed by atoms with van der Waals surface area (Å²) in [7, 11) is 0. The first-order chi connectivity index (χ1) is 9.29. The zero-order valence-corrected chi connectivity index (χ0v) is 14.8. The summed E-state index contributed by atoms with van der Waals surface area (Å²) in [6.45, 7) is 7.65. The highest BCUT2D eigenvalue weighted by Crippen LogP contribution is 2.30. The second-order valence-electron chi connectivity index (χ2n) is 6.19. The smallest absolute Gasteiger partial charge is 0.0467 e. The molecular weight excluding hydrogens is 313 g/mol. The Morgan fingerprint density at radius 1 is 0.900 bits per heavy atom. The SMILES string of the molecule is CC(C)(C)NCCCCCCc1c(Cl)cc(Cl)cc1Cl. The van der Waals surface area contributed by atoms with Crippen molar-refractivity contribution >= 4 is 34.8 Å². The molecule has 0 saturated heterocycles. The summed E-state index contributed by atoms with van der Waals surface area (Å²) in [5.41, 5.74) is 1.23. The Balaban J connectivity index is 2.22. The summed E-state index contributed by atoms with van der Waals surface area (Å²) in [5.74, 6) is 0. The Labute approximate surface area is 138 Å². The number of unbranched alkanes of at least 4 members (excludes halogenated alkanes) is 3. The van der Waals surface area contributed by atoms with Crippen LogP contribution in [-0.2, 0) is 6.42 Å². The predicted octanol–water partition coefficient (Wildman–Crippen LogP) is 6.14. The fraction of sp³-hybridized carbons (Fsp3) is 0.625. The molecule has 0 spiro atoms. The zero-order chi connectivity index (χ0) is 15.2. The van der Waals surface area contributed by atoms with Gasteiger partial charge in [-0.25, -0.2) is 0 Å². The molecule has 0 amide bonds. The van der Waals surface area contributed by atoms with Crippen LogP contribution in [0, 0.1) is 0 Å². The van der Waals surface area contributed by atoms with Gasteiger partial charge in [0.25, 0.3) is 0 Å². The Morgan fingerprint density at radius 3 is 2.00 bits per heavy atom. The largest absolute Gasteiger partial charge is 0.312 e. The molecule has 0 aromatic heterocycles. The lowest BCUT2D eigenvalue weighted by Gasteiger charge is -2.20. The average molecular weight is 337 g/mol. The molecule has 0 radical (unpaired) electrons. The van der Waals surface area contributed by atoms with Crippen LogP contribution in [-0.4, -0.2) is 12.1 Å². The third kappa shape index (κ3) is 7.17. The first-order valence-corrected chi connectivity index (χ1v) is 8.31. The fourth-order valence-electron chi connectivity index (χ4n) is 2.05. The van der Waals surface area contributed by atoms with Crippen molar-refractivity contribution in [1.29, 1.82) is 0 Å². The van der Waals surface area contributed by atoms with E-state index in [-0.39, 0.29) is 5.54 Å². The van der Waals surface area contributed by atoms with Crippen molar-refractivity contribution in [3.05, 3.63) is 32.8 Å². The molecule has 0 unspecified atom stereocenters. The summed E-state index contributed by atoms with van der Waals surface area (Å²) in [5, 5.41) is 5.45. The zero-order valence-electron chi connectivity index (χ0n) is 12.5. The number of nitrogens with one attached hydrogen (secondary N) is 1. The van der Waals surface area contributed by atoms with Gasteiger partial charge in [-0.3, -0.25) is 0 Å². The molecule has 0 fully saturated rings. The highest BCUT2D eigenvalue weighted by molar-refractivity contribution is 6.39. The van der Waals surface area contributed by atoms with E-state index in [1.807, 2.05) is 0 Å². The van der Waals surface area contributed by atoms with Gasteiger partial charge in [-0.15, -0.1) is 0 Å². The highest BCUT2D eigenvalue weighted by Gasteiger charge is 2.08. The minimum atomic E-state index is 0.213. The van der Waals surface area contributed by atoms with Gasteiger partial charge < -0.3 is 5.32 Å². The first-order valence-electron chi connectivity index (χ1n) is 7.18. The van der Waals surface area contributed by atoms with Gasteiger partial charge in [0.05, 0.1) is 0 Å². The van der Waals surface area contributed by atoms with Gasteiger partial charge in [0.15, 0.2) is 0 Å². The van der Waals surface area contributed by atoms with E-state index in [0.29, 0.717) is 15.1 Å². The Morgan fingerprint density at radius 2 is 1.45 bits per heavy atom. The van der Waals surface area contributed by atoms with Gasteiger partial charge in [0.2, 0.25) is 0 Å². The maximum Gasteiger partial charge on any atom is 0.0467 e. The minimum Gasteiger partial charge on any atom is -0.312 e. The van der Waals surface area contributed by atoms with Crippen LogP contribution in [0.5, 0.6) is 0 Å². The lowest BCUT2D eigenvalue weighted by molar-refractivity contribution is 0.416. The predicted molar refractivity (Wildman–Crippen MR) is 91.4 cm³/mol. The second kappa shape index (κ2) is 8.48. The molecule has 0 aliphatic rings. The van der Waals surface area contributed by atoms with Gasteiger partial charge in [0.1, 0.15) is 0 Å². The average Bonchev–Trinajstić information content (AvgIpc) is 2.29. The molecule has 1 N–H and O–H groups in total. The molecule has 1 aromatic carbocycles. The highest BCUT2D eigenvalue weighted by atomic mass is 35.5. The van der Waals surface area contributed by atoms with Gasteiger partial charge in [0, 0.05) is 20.6 Å². The Bertz CT molecular complexity index is 401. The van der Waals surface area contributed by atoms with Crippen molar-refractivity contribution in [1.82, 2.24) is 5.32 Å². The number of hydrogen-bond donors (Lipinski definition) is 1. The molecule has 1 rings (SSSR count). The molecule has 114 valence electrons. The molecule has 0 heterocycles. The van der Waals surface area contributed by atoms with Gasteiger partial charge in [-0.2, -0.15) is 0 Å². The van der Waals surface area contributed by atoms with Gasteiger partial charge >= 0.3 is 0 Å². The molecule has 1 nitrogen and oxygen atoms in total. The maximum atomic E-state index is 6.17. The van der Waals surface area contributed by atoms with E-state index < -0.39 is 0 Å². The number of hydrogen-bond acceptors (Lipinski definition) is 1. The van der Waals surface area contributed by atoms with Crippen LogP contribution in [0.4, 0.5) is 0 Å².